The summed E-state index contributed by atoms with van der Waals surface area (Å²) >= 11 is 1.60. The van der Waals surface area contributed by atoms with Crippen molar-refractivity contribution in [2.75, 3.05) is 5.75 Å². The normalized spacial score (nSPS) is 12.8. The Bertz CT molecular complexity index is 655. The molecule has 0 spiro atoms. The van der Waals surface area contributed by atoms with Crippen LogP contribution in [-0.2, 0) is 9.59 Å². The zero-order valence-electron chi connectivity index (χ0n) is 31.7. The fourth-order valence-corrected chi connectivity index (χ4v) is 8.39. The average Bonchev–Trinajstić information content (AvgIpc) is 3.05. The molecule has 0 aliphatic carbocycles. The minimum Gasteiger partial charge on any atom is -0.481 e. The van der Waals surface area contributed by atoms with Gasteiger partial charge in [-0.25, -0.2) is 0 Å². The molecule has 4 nitrogen and oxygen atoms in total. The van der Waals surface area contributed by atoms with E-state index in [1.165, 1.54) is 186 Å². The van der Waals surface area contributed by atoms with Crippen molar-refractivity contribution >= 4 is 23.7 Å². The first kappa shape index (κ1) is 46.3. The Hall–Kier alpha value is -0.710. The van der Waals surface area contributed by atoms with Crippen molar-refractivity contribution in [1.82, 2.24) is 0 Å². The zero-order chi connectivity index (χ0) is 34.5. The number of hydrogen-bond donors (Lipinski definition) is 2. The summed E-state index contributed by atoms with van der Waals surface area (Å²) in [5.74, 6) is -1.31. The smallest absolute Gasteiger partial charge is 0.307 e. The van der Waals surface area contributed by atoms with Crippen LogP contribution < -0.4 is 0 Å². The first-order valence-electron chi connectivity index (χ1n) is 21.1. The van der Waals surface area contributed by atoms with Gasteiger partial charge in [-0.2, -0.15) is 11.8 Å². The lowest BCUT2D eigenvalue weighted by Crippen LogP contribution is -2.26. The molecule has 0 saturated heterocycles. The van der Waals surface area contributed by atoms with Crippen LogP contribution in [0.4, 0.5) is 0 Å². The van der Waals surface area contributed by atoms with Gasteiger partial charge in [0.25, 0.3) is 0 Å². The molecule has 0 fully saturated rings. The van der Waals surface area contributed by atoms with Gasteiger partial charge in [0.15, 0.2) is 0 Å². The minimum atomic E-state index is -0.789. The van der Waals surface area contributed by atoms with E-state index in [1.54, 1.807) is 11.8 Å². The number of hydrogen-bond acceptors (Lipinski definition) is 3. The molecular formula is C42H82O4S. The Labute approximate surface area is 298 Å². The van der Waals surface area contributed by atoms with Gasteiger partial charge in [-0.1, -0.05) is 219 Å². The quantitative estimate of drug-likeness (QED) is 0.0629. The molecule has 0 rings (SSSR count). The lowest BCUT2D eigenvalue weighted by molar-refractivity contribution is -0.142. The topological polar surface area (TPSA) is 74.6 Å². The number of unbranched alkanes of at least 4 members (excludes halogenated alkanes) is 30. The van der Waals surface area contributed by atoms with Gasteiger partial charge in [-0.05, 0) is 12.8 Å². The molecule has 0 aliphatic heterocycles. The number of thioether (sulfide) groups is 1. The van der Waals surface area contributed by atoms with Crippen molar-refractivity contribution in [2.24, 2.45) is 5.92 Å². The zero-order valence-corrected chi connectivity index (χ0v) is 32.5. The van der Waals surface area contributed by atoms with E-state index in [-0.39, 0.29) is 17.6 Å². The van der Waals surface area contributed by atoms with Crippen molar-refractivity contribution in [1.29, 1.82) is 0 Å². The summed E-state index contributed by atoms with van der Waals surface area (Å²) in [5, 5.41) is 19.2. The predicted octanol–water partition coefficient (Wildman–Crippen LogP) is 14.6. The Kier molecular flexibility index (Phi) is 37.5. The highest BCUT2D eigenvalue weighted by Gasteiger charge is 2.27. The van der Waals surface area contributed by atoms with Gasteiger partial charge < -0.3 is 10.2 Å². The van der Waals surface area contributed by atoms with Crippen LogP contribution in [0.1, 0.15) is 239 Å². The lowest BCUT2D eigenvalue weighted by atomic mass is 9.93. The first-order valence-corrected chi connectivity index (χ1v) is 22.1. The van der Waals surface area contributed by atoms with E-state index in [0.29, 0.717) is 5.75 Å². The minimum absolute atomic E-state index is 0.0369. The molecule has 0 aromatic heterocycles. The van der Waals surface area contributed by atoms with Crippen molar-refractivity contribution < 1.29 is 19.8 Å². The third kappa shape index (κ3) is 34.9. The maximum atomic E-state index is 12.3. The molecule has 0 radical (unpaired) electrons. The number of aliphatic carboxylic acids is 2. The Morgan fingerprint density at radius 3 is 0.979 bits per heavy atom. The van der Waals surface area contributed by atoms with E-state index in [9.17, 15) is 14.7 Å². The Morgan fingerprint density at radius 2 is 0.702 bits per heavy atom. The van der Waals surface area contributed by atoms with E-state index in [2.05, 4.69) is 13.8 Å². The highest BCUT2D eigenvalue weighted by Crippen LogP contribution is 2.30. The maximum Gasteiger partial charge on any atom is 0.307 e. The van der Waals surface area contributed by atoms with Crippen LogP contribution in [0.3, 0.4) is 0 Å². The van der Waals surface area contributed by atoms with E-state index in [1.807, 2.05) is 0 Å². The monoisotopic (exact) mass is 683 g/mol. The second-order valence-corrected chi connectivity index (χ2v) is 16.0. The molecule has 2 atom stereocenters. The number of carboxylic acids is 2. The maximum absolute atomic E-state index is 12.3. The summed E-state index contributed by atoms with van der Waals surface area (Å²) in [5.41, 5.74) is 0. The van der Waals surface area contributed by atoms with Crippen molar-refractivity contribution in [3.63, 3.8) is 0 Å². The van der Waals surface area contributed by atoms with Gasteiger partial charge in [-0.3, -0.25) is 9.59 Å². The van der Waals surface area contributed by atoms with Crippen molar-refractivity contribution in [3.05, 3.63) is 0 Å². The Balaban J connectivity index is 4.00. The summed E-state index contributed by atoms with van der Waals surface area (Å²) in [6.45, 7) is 4.56. The van der Waals surface area contributed by atoms with Crippen LogP contribution >= 0.6 is 11.8 Å². The molecule has 0 amide bonds. The second-order valence-electron chi connectivity index (χ2n) is 14.7. The highest BCUT2D eigenvalue weighted by molar-refractivity contribution is 7.99. The molecule has 0 aliphatic rings. The van der Waals surface area contributed by atoms with E-state index in [0.717, 1.165) is 32.1 Å². The predicted molar refractivity (Wildman–Crippen MR) is 208 cm³/mol. The standard InChI is InChI=1S/C42H82O4S/c1-3-5-7-9-11-13-15-17-19-21-23-25-27-29-31-33-35-39(42(45)46)40(47-38-37-41(43)44)36-34-32-30-28-26-24-22-20-18-16-14-12-10-8-6-4-2/h39-40H,3-38H2,1-2H3,(H,43,44)(H,45,46). The van der Waals surface area contributed by atoms with Crippen LogP contribution in [0, 0.1) is 5.92 Å². The number of carbonyl (C=O) groups is 2. The lowest BCUT2D eigenvalue weighted by Gasteiger charge is -2.24. The van der Waals surface area contributed by atoms with Crippen LogP contribution in [-0.4, -0.2) is 33.2 Å². The fourth-order valence-electron chi connectivity index (χ4n) is 6.97. The number of carboxylic acid groups (broad SMARTS) is 2. The van der Waals surface area contributed by atoms with Crippen LogP contribution in [0.25, 0.3) is 0 Å². The molecular weight excluding hydrogens is 601 g/mol. The molecule has 2 unspecified atom stereocenters. The summed E-state index contributed by atoms with van der Waals surface area (Å²) in [6, 6.07) is 0. The second kappa shape index (κ2) is 38.1. The van der Waals surface area contributed by atoms with Crippen LogP contribution in [0.15, 0.2) is 0 Å². The highest BCUT2D eigenvalue weighted by atomic mass is 32.2. The molecule has 5 heteroatoms. The molecule has 0 heterocycles. The molecule has 2 N–H and O–H groups in total. The average molecular weight is 683 g/mol. The van der Waals surface area contributed by atoms with Gasteiger partial charge >= 0.3 is 11.9 Å². The van der Waals surface area contributed by atoms with E-state index >= 15 is 0 Å². The summed E-state index contributed by atoms with van der Waals surface area (Å²) in [4.78, 5) is 23.4. The molecule has 0 bridgehead atoms. The van der Waals surface area contributed by atoms with Gasteiger partial charge in [0.2, 0.25) is 0 Å². The summed E-state index contributed by atoms with van der Waals surface area (Å²) in [7, 11) is 0. The molecule has 0 aromatic rings. The van der Waals surface area contributed by atoms with Gasteiger partial charge in [-0.15, -0.1) is 0 Å². The molecule has 280 valence electrons. The van der Waals surface area contributed by atoms with E-state index in [4.69, 9.17) is 5.11 Å². The largest absolute Gasteiger partial charge is 0.481 e. The number of rotatable bonds is 40. The van der Waals surface area contributed by atoms with Gasteiger partial charge in [0.05, 0.1) is 12.3 Å². The van der Waals surface area contributed by atoms with Crippen LogP contribution in [0.5, 0.6) is 0 Å². The SMILES string of the molecule is CCCCCCCCCCCCCCCCCCC(SCCC(=O)O)C(CCCCCCCCCCCCCCCCCC)C(=O)O. The fraction of sp³-hybridized carbons (Fsp3) is 0.952. The third-order valence-corrected chi connectivity index (χ3v) is 11.6. The Morgan fingerprint density at radius 1 is 0.426 bits per heavy atom. The van der Waals surface area contributed by atoms with Crippen molar-refractivity contribution in [3.8, 4) is 0 Å². The van der Waals surface area contributed by atoms with Gasteiger partial charge in [0.1, 0.15) is 0 Å². The van der Waals surface area contributed by atoms with Crippen molar-refractivity contribution in [2.45, 2.75) is 244 Å². The first-order chi connectivity index (χ1) is 23.0. The van der Waals surface area contributed by atoms with Gasteiger partial charge in [0, 0.05) is 11.0 Å². The molecule has 47 heavy (non-hydrogen) atoms. The van der Waals surface area contributed by atoms with Crippen LogP contribution in [0.2, 0.25) is 0 Å². The molecule has 0 aromatic carbocycles. The molecule has 0 saturated carbocycles. The summed E-state index contributed by atoms with van der Waals surface area (Å²) < 4.78 is 0. The summed E-state index contributed by atoms with van der Waals surface area (Å²) in [6.07, 6.45) is 44.4. The third-order valence-electron chi connectivity index (χ3n) is 10.1. The van der Waals surface area contributed by atoms with E-state index < -0.39 is 11.9 Å².